The van der Waals surface area contributed by atoms with Gasteiger partial charge in [0.25, 0.3) is 0 Å². The zero-order valence-electron chi connectivity index (χ0n) is 12.5. The van der Waals surface area contributed by atoms with Crippen LogP contribution in [0.2, 0.25) is 5.15 Å². The number of ether oxygens (including phenoxy) is 3. The Kier molecular flexibility index (Phi) is 3.26. The number of hydrogen-bond acceptors (Lipinski definition) is 8. The van der Waals surface area contributed by atoms with Crippen LogP contribution >= 0.6 is 11.6 Å². The van der Waals surface area contributed by atoms with Crippen molar-refractivity contribution in [2.24, 2.45) is 0 Å². The maximum Gasteiger partial charge on any atom is 0.223 e. The van der Waals surface area contributed by atoms with Crippen LogP contribution in [0.4, 0.5) is 5.95 Å². The molecule has 0 aromatic carbocycles. The highest BCUT2D eigenvalue weighted by Gasteiger charge is 2.55. The molecule has 4 rings (SSSR count). The van der Waals surface area contributed by atoms with Crippen molar-refractivity contribution in [2.45, 2.75) is 44.2 Å². The van der Waals surface area contributed by atoms with Gasteiger partial charge in [0.15, 0.2) is 22.8 Å². The van der Waals surface area contributed by atoms with Crippen molar-refractivity contribution in [2.75, 3.05) is 12.3 Å². The molecule has 0 bridgehead atoms. The molecular formula is C13H16ClN5O4. The number of fused-ring (bicyclic) bond motifs is 2. The van der Waals surface area contributed by atoms with E-state index < -0.39 is 24.2 Å². The first-order valence-electron chi connectivity index (χ1n) is 7.17. The summed E-state index contributed by atoms with van der Waals surface area (Å²) in [5.41, 5.74) is 6.54. The monoisotopic (exact) mass is 341 g/mol. The minimum absolute atomic E-state index is 0.0430. The van der Waals surface area contributed by atoms with Gasteiger partial charge >= 0.3 is 0 Å². The third kappa shape index (κ3) is 2.27. The number of halogens is 1. The van der Waals surface area contributed by atoms with E-state index in [2.05, 4.69) is 15.0 Å². The van der Waals surface area contributed by atoms with Crippen LogP contribution in [-0.4, -0.2) is 55.3 Å². The fourth-order valence-corrected chi connectivity index (χ4v) is 3.33. The molecule has 0 radical (unpaired) electrons. The zero-order valence-corrected chi connectivity index (χ0v) is 13.3. The SMILES string of the molecule is CC1(C)O[C@@H]2[C@H](O1)[C@@H](CO)O[C@H]2n1cnc2c(Cl)nc(N)nc21. The number of imidazole rings is 1. The molecule has 3 N–H and O–H groups in total. The van der Waals surface area contributed by atoms with E-state index in [1.807, 2.05) is 13.8 Å². The van der Waals surface area contributed by atoms with Gasteiger partial charge in [-0.1, -0.05) is 11.6 Å². The Balaban J connectivity index is 1.79. The van der Waals surface area contributed by atoms with E-state index in [4.69, 9.17) is 31.5 Å². The second-order valence-corrected chi connectivity index (χ2v) is 6.37. The van der Waals surface area contributed by atoms with E-state index in [1.165, 1.54) is 0 Å². The summed E-state index contributed by atoms with van der Waals surface area (Å²) in [5, 5.41) is 9.72. The van der Waals surface area contributed by atoms with Gasteiger partial charge in [0, 0.05) is 0 Å². The summed E-state index contributed by atoms with van der Waals surface area (Å²) in [5.74, 6) is -0.714. The van der Waals surface area contributed by atoms with Gasteiger partial charge in [-0.2, -0.15) is 9.97 Å². The maximum atomic E-state index is 9.55. The van der Waals surface area contributed by atoms with Crippen molar-refractivity contribution in [3.63, 3.8) is 0 Å². The molecule has 0 unspecified atom stereocenters. The Morgan fingerprint density at radius 3 is 2.83 bits per heavy atom. The fraction of sp³-hybridized carbons (Fsp3) is 0.615. The summed E-state index contributed by atoms with van der Waals surface area (Å²) in [6, 6.07) is 0. The van der Waals surface area contributed by atoms with Gasteiger partial charge in [0.05, 0.1) is 12.9 Å². The number of rotatable bonds is 2. The molecule has 0 spiro atoms. The molecule has 124 valence electrons. The second-order valence-electron chi connectivity index (χ2n) is 6.01. The summed E-state index contributed by atoms with van der Waals surface area (Å²) < 4.78 is 19.3. The van der Waals surface area contributed by atoms with Crippen LogP contribution in [0.15, 0.2) is 6.33 Å². The van der Waals surface area contributed by atoms with Crippen molar-refractivity contribution in [3.8, 4) is 0 Å². The van der Waals surface area contributed by atoms with Crippen LogP contribution in [0, 0.1) is 0 Å². The quantitative estimate of drug-likeness (QED) is 0.757. The lowest BCUT2D eigenvalue weighted by atomic mass is 10.1. The van der Waals surface area contributed by atoms with Gasteiger partial charge in [-0.25, -0.2) is 4.98 Å². The molecule has 2 aliphatic heterocycles. The summed E-state index contributed by atoms with van der Waals surface area (Å²) in [4.78, 5) is 12.3. The van der Waals surface area contributed by atoms with Gasteiger partial charge in [-0.3, -0.25) is 4.57 Å². The average Bonchev–Trinajstić information content (AvgIpc) is 3.09. The van der Waals surface area contributed by atoms with Crippen molar-refractivity contribution < 1.29 is 19.3 Å². The number of aliphatic hydroxyl groups excluding tert-OH is 1. The highest BCUT2D eigenvalue weighted by atomic mass is 35.5. The van der Waals surface area contributed by atoms with Crippen LogP contribution in [-0.2, 0) is 14.2 Å². The molecule has 2 saturated heterocycles. The van der Waals surface area contributed by atoms with Crippen LogP contribution < -0.4 is 5.73 Å². The minimum Gasteiger partial charge on any atom is -0.394 e. The third-order valence-electron chi connectivity index (χ3n) is 3.98. The standard InChI is InChI=1S/C13H16ClN5O4/c1-13(2)22-7-5(3-20)21-11(8(7)23-13)19-4-16-6-9(14)17-12(15)18-10(6)19/h4-5,7-8,11,20H,3H2,1-2H3,(H2,15,17,18)/t5-,7-,8-,11-/m1/s1. The number of aromatic nitrogens is 4. The summed E-state index contributed by atoms with van der Waals surface area (Å²) in [7, 11) is 0. The molecule has 0 aliphatic carbocycles. The van der Waals surface area contributed by atoms with E-state index in [0.717, 1.165) is 0 Å². The van der Waals surface area contributed by atoms with Gasteiger partial charge in [-0.05, 0) is 13.8 Å². The first kappa shape index (κ1) is 15.0. The first-order chi connectivity index (χ1) is 10.9. The van der Waals surface area contributed by atoms with Crippen molar-refractivity contribution in [1.29, 1.82) is 0 Å². The molecular weight excluding hydrogens is 326 g/mol. The molecule has 2 aromatic heterocycles. The highest BCUT2D eigenvalue weighted by molar-refractivity contribution is 6.33. The smallest absolute Gasteiger partial charge is 0.223 e. The molecule has 0 saturated carbocycles. The Morgan fingerprint density at radius 1 is 1.35 bits per heavy atom. The van der Waals surface area contributed by atoms with E-state index in [0.29, 0.717) is 11.2 Å². The number of nitrogen functional groups attached to an aromatic ring is 1. The van der Waals surface area contributed by atoms with Crippen molar-refractivity contribution >= 4 is 28.7 Å². The molecule has 2 aliphatic rings. The average molecular weight is 342 g/mol. The molecule has 0 amide bonds. The van der Waals surface area contributed by atoms with Gasteiger partial charge in [0.1, 0.15) is 23.8 Å². The molecule has 4 heterocycles. The number of nitrogens with zero attached hydrogens (tertiary/aromatic N) is 4. The normalized spacial score (nSPS) is 32.5. The van der Waals surface area contributed by atoms with Crippen LogP contribution in [0.25, 0.3) is 11.2 Å². The van der Waals surface area contributed by atoms with Crippen LogP contribution in [0.1, 0.15) is 20.1 Å². The van der Waals surface area contributed by atoms with Crippen LogP contribution in [0.5, 0.6) is 0 Å². The summed E-state index contributed by atoms with van der Waals surface area (Å²) in [6.45, 7) is 3.46. The summed E-state index contributed by atoms with van der Waals surface area (Å²) in [6.07, 6.45) is -0.310. The number of anilines is 1. The lowest BCUT2D eigenvalue weighted by molar-refractivity contribution is -0.199. The lowest BCUT2D eigenvalue weighted by Gasteiger charge is -2.24. The molecule has 10 heteroatoms. The molecule has 23 heavy (non-hydrogen) atoms. The second kappa shape index (κ2) is 4.99. The van der Waals surface area contributed by atoms with Crippen LogP contribution in [0.3, 0.4) is 0 Å². The predicted molar refractivity (Wildman–Crippen MR) is 79.6 cm³/mol. The Morgan fingerprint density at radius 2 is 2.09 bits per heavy atom. The van der Waals surface area contributed by atoms with E-state index in [9.17, 15) is 5.11 Å². The molecule has 2 fully saturated rings. The number of aliphatic hydroxyl groups is 1. The number of hydrogen-bond donors (Lipinski definition) is 2. The Hall–Kier alpha value is -1.52. The maximum absolute atomic E-state index is 9.55. The Bertz CT molecular complexity index is 766. The minimum atomic E-state index is -0.757. The summed E-state index contributed by atoms with van der Waals surface area (Å²) >= 11 is 6.05. The topological polar surface area (TPSA) is 118 Å². The lowest BCUT2D eigenvalue weighted by Crippen LogP contribution is -2.31. The van der Waals surface area contributed by atoms with Gasteiger partial charge in [-0.15, -0.1) is 0 Å². The van der Waals surface area contributed by atoms with Gasteiger partial charge in [0.2, 0.25) is 5.95 Å². The first-order valence-corrected chi connectivity index (χ1v) is 7.55. The third-order valence-corrected chi connectivity index (χ3v) is 4.24. The highest BCUT2D eigenvalue weighted by Crippen LogP contribution is 2.43. The van der Waals surface area contributed by atoms with E-state index >= 15 is 0 Å². The zero-order chi connectivity index (χ0) is 16.4. The molecule has 9 nitrogen and oxygen atoms in total. The number of nitrogens with two attached hydrogens (primary N) is 1. The molecule has 4 atom stereocenters. The Labute approximate surface area is 136 Å². The predicted octanol–water partition coefficient (Wildman–Crippen LogP) is 0.472. The molecule has 2 aromatic rings. The fourth-order valence-electron chi connectivity index (χ4n) is 3.11. The van der Waals surface area contributed by atoms with E-state index in [-0.39, 0.29) is 23.8 Å². The van der Waals surface area contributed by atoms with Gasteiger partial charge < -0.3 is 25.1 Å². The van der Waals surface area contributed by atoms with Crippen molar-refractivity contribution in [3.05, 3.63) is 11.5 Å². The van der Waals surface area contributed by atoms with E-state index in [1.54, 1.807) is 10.9 Å². The van der Waals surface area contributed by atoms with Crippen molar-refractivity contribution in [1.82, 2.24) is 19.5 Å². The largest absolute Gasteiger partial charge is 0.394 e.